The van der Waals surface area contributed by atoms with Crippen molar-refractivity contribution in [2.45, 2.75) is 6.92 Å². The Morgan fingerprint density at radius 2 is 2.08 bits per heavy atom. The summed E-state index contributed by atoms with van der Waals surface area (Å²) in [6.45, 7) is 1.71. The van der Waals surface area contributed by atoms with Crippen LogP contribution in [0.3, 0.4) is 0 Å². The van der Waals surface area contributed by atoms with Gasteiger partial charge in [-0.3, -0.25) is 0 Å². The van der Waals surface area contributed by atoms with E-state index in [9.17, 15) is 9.59 Å². The van der Waals surface area contributed by atoms with Gasteiger partial charge in [0.1, 0.15) is 0 Å². The molecule has 74 valence electrons. The summed E-state index contributed by atoms with van der Waals surface area (Å²) in [6, 6.07) is 0. The van der Waals surface area contributed by atoms with Crippen molar-refractivity contribution in [3.05, 3.63) is 12.2 Å². The SMILES string of the molecule is CC(CO)COC(=O)/C=C\C(=O)O. The number of esters is 1. The first-order valence-electron chi connectivity index (χ1n) is 3.75. The molecule has 13 heavy (non-hydrogen) atoms. The molecule has 5 nitrogen and oxygen atoms in total. The number of ether oxygens (including phenoxy) is 1. The Morgan fingerprint density at radius 1 is 1.46 bits per heavy atom. The molecule has 0 aromatic rings. The fraction of sp³-hybridized carbons (Fsp3) is 0.500. The van der Waals surface area contributed by atoms with E-state index in [-0.39, 0.29) is 19.1 Å². The molecule has 0 fully saturated rings. The zero-order valence-corrected chi connectivity index (χ0v) is 7.27. The Kier molecular flexibility index (Phi) is 5.54. The molecule has 1 unspecified atom stereocenters. The van der Waals surface area contributed by atoms with Crippen molar-refractivity contribution < 1.29 is 24.5 Å². The third-order valence-corrected chi connectivity index (χ3v) is 1.18. The minimum Gasteiger partial charge on any atom is -0.478 e. The maximum atomic E-state index is 10.7. The van der Waals surface area contributed by atoms with Gasteiger partial charge in [-0.25, -0.2) is 9.59 Å². The van der Waals surface area contributed by atoms with Crippen LogP contribution in [0.5, 0.6) is 0 Å². The van der Waals surface area contributed by atoms with Crippen LogP contribution in [0.25, 0.3) is 0 Å². The first kappa shape index (κ1) is 11.6. The number of aliphatic hydroxyl groups excluding tert-OH is 1. The van der Waals surface area contributed by atoms with Crippen molar-refractivity contribution in [3.63, 3.8) is 0 Å². The van der Waals surface area contributed by atoms with Gasteiger partial charge in [-0.05, 0) is 0 Å². The zero-order chi connectivity index (χ0) is 10.3. The monoisotopic (exact) mass is 188 g/mol. The quantitative estimate of drug-likeness (QED) is 0.461. The number of rotatable bonds is 5. The van der Waals surface area contributed by atoms with E-state index in [0.29, 0.717) is 6.08 Å². The summed E-state index contributed by atoms with van der Waals surface area (Å²) in [4.78, 5) is 20.7. The lowest BCUT2D eigenvalue weighted by atomic mass is 10.2. The van der Waals surface area contributed by atoms with Gasteiger partial charge in [0.2, 0.25) is 0 Å². The molecule has 0 aliphatic rings. The van der Waals surface area contributed by atoms with Crippen LogP contribution in [0.2, 0.25) is 0 Å². The van der Waals surface area contributed by atoms with Gasteiger partial charge in [0.25, 0.3) is 0 Å². The highest BCUT2D eigenvalue weighted by Crippen LogP contribution is 1.94. The average Bonchev–Trinajstić information content (AvgIpc) is 2.10. The Hall–Kier alpha value is -1.36. The van der Waals surface area contributed by atoms with Crippen LogP contribution in [0.1, 0.15) is 6.92 Å². The topological polar surface area (TPSA) is 83.8 Å². The summed E-state index contributed by atoms with van der Waals surface area (Å²) in [5.41, 5.74) is 0. The first-order chi connectivity index (χ1) is 6.06. The van der Waals surface area contributed by atoms with Gasteiger partial charge in [-0.1, -0.05) is 6.92 Å². The van der Waals surface area contributed by atoms with Crippen molar-refractivity contribution in [2.75, 3.05) is 13.2 Å². The van der Waals surface area contributed by atoms with E-state index in [4.69, 9.17) is 10.2 Å². The van der Waals surface area contributed by atoms with Gasteiger partial charge in [-0.15, -0.1) is 0 Å². The molecule has 0 aliphatic heterocycles. The molecule has 0 rings (SSSR count). The summed E-state index contributed by atoms with van der Waals surface area (Å²) in [7, 11) is 0. The minimum atomic E-state index is -1.20. The van der Waals surface area contributed by atoms with Crippen LogP contribution in [0, 0.1) is 5.92 Å². The number of aliphatic hydroxyl groups is 1. The standard InChI is InChI=1S/C8H12O5/c1-6(4-9)5-13-8(12)3-2-7(10)11/h2-3,6,9H,4-5H2,1H3,(H,10,11)/b3-2-. The molecule has 0 radical (unpaired) electrons. The van der Waals surface area contributed by atoms with Gasteiger partial charge in [0.05, 0.1) is 6.61 Å². The molecule has 0 amide bonds. The van der Waals surface area contributed by atoms with Gasteiger partial charge in [0, 0.05) is 24.7 Å². The lowest BCUT2D eigenvalue weighted by molar-refractivity contribution is -0.140. The number of aliphatic carboxylic acids is 1. The summed E-state index contributed by atoms with van der Waals surface area (Å²) in [6.07, 6.45) is 1.53. The Balaban J connectivity index is 3.69. The van der Waals surface area contributed by atoms with Crippen LogP contribution >= 0.6 is 0 Å². The molecule has 0 spiro atoms. The molecule has 0 saturated carbocycles. The minimum absolute atomic E-state index is 0.0735. The number of hydrogen-bond donors (Lipinski definition) is 2. The number of carboxylic acids is 1. The largest absolute Gasteiger partial charge is 0.478 e. The van der Waals surface area contributed by atoms with Crippen LogP contribution < -0.4 is 0 Å². The second-order valence-electron chi connectivity index (χ2n) is 2.59. The molecule has 0 saturated heterocycles. The average molecular weight is 188 g/mol. The molecule has 1 atom stereocenters. The van der Waals surface area contributed by atoms with Crippen molar-refractivity contribution in [2.24, 2.45) is 5.92 Å². The van der Waals surface area contributed by atoms with Crippen molar-refractivity contribution >= 4 is 11.9 Å². The summed E-state index contributed by atoms with van der Waals surface area (Å²) >= 11 is 0. The van der Waals surface area contributed by atoms with E-state index in [1.54, 1.807) is 6.92 Å². The highest BCUT2D eigenvalue weighted by atomic mass is 16.5. The molecule has 0 aliphatic carbocycles. The maximum absolute atomic E-state index is 10.7. The van der Waals surface area contributed by atoms with E-state index in [1.165, 1.54) is 0 Å². The second-order valence-corrected chi connectivity index (χ2v) is 2.59. The Labute approximate surface area is 75.6 Å². The number of carboxylic acid groups (broad SMARTS) is 1. The summed E-state index contributed by atoms with van der Waals surface area (Å²) in [5, 5.41) is 16.7. The summed E-state index contributed by atoms with van der Waals surface area (Å²) < 4.78 is 4.60. The third-order valence-electron chi connectivity index (χ3n) is 1.18. The van der Waals surface area contributed by atoms with Gasteiger partial charge >= 0.3 is 11.9 Å². The molecule has 2 N–H and O–H groups in total. The van der Waals surface area contributed by atoms with E-state index in [2.05, 4.69) is 4.74 Å². The predicted octanol–water partition coefficient (Wildman–Crippen LogP) is -0.201. The van der Waals surface area contributed by atoms with E-state index < -0.39 is 11.9 Å². The molecule has 0 bridgehead atoms. The van der Waals surface area contributed by atoms with E-state index >= 15 is 0 Å². The third kappa shape index (κ3) is 7.02. The normalized spacial score (nSPS) is 12.8. The molecular formula is C8H12O5. The first-order valence-corrected chi connectivity index (χ1v) is 3.75. The van der Waals surface area contributed by atoms with Crippen LogP contribution in [0.4, 0.5) is 0 Å². The predicted molar refractivity (Wildman–Crippen MR) is 44.0 cm³/mol. The Bertz CT molecular complexity index is 209. The Morgan fingerprint density at radius 3 is 2.54 bits per heavy atom. The second kappa shape index (κ2) is 6.19. The smallest absolute Gasteiger partial charge is 0.331 e. The van der Waals surface area contributed by atoms with Crippen LogP contribution in [-0.2, 0) is 14.3 Å². The highest BCUT2D eigenvalue weighted by Gasteiger charge is 2.03. The van der Waals surface area contributed by atoms with E-state index in [1.807, 2.05) is 0 Å². The van der Waals surface area contributed by atoms with E-state index in [0.717, 1.165) is 6.08 Å². The summed E-state index contributed by atoms with van der Waals surface area (Å²) in [5.74, 6) is -2.06. The van der Waals surface area contributed by atoms with Gasteiger partial charge in [-0.2, -0.15) is 0 Å². The van der Waals surface area contributed by atoms with Crippen molar-refractivity contribution in [1.82, 2.24) is 0 Å². The molecule has 0 aromatic carbocycles. The van der Waals surface area contributed by atoms with Crippen molar-refractivity contribution in [1.29, 1.82) is 0 Å². The highest BCUT2D eigenvalue weighted by molar-refractivity contribution is 5.90. The lowest BCUT2D eigenvalue weighted by Crippen LogP contribution is -2.13. The number of carbonyl (C=O) groups excluding carboxylic acids is 1. The molecular weight excluding hydrogens is 176 g/mol. The molecule has 0 aromatic heterocycles. The fourth-order valence-electron chi connectivity index (χ4n) is 0.465. The number of hydrogen-bond acceptors (Lipinski definition) is 4. The van der Waals surface area contributed by atoms with Crippen LogP contribution in [0.15, 0.2) is 12.2 Å². The van der Waals surface area contributed by atoms with Gasteiger partial charge < -0.3 is 14.9 Å². The lowest BCUT2D eigenvalue weighted by Gasteiger charge is -2.06. The molecule has 5 heteroatoms. The fourth-order valence-corrected chi connectivity index (χ4v) is 0.465. The number of carbonyl (C=O) groups is 2. The molecule has 0 heterocycles. The van der Waals surface area contributed by atoms with Crippen LogP contribution in [-0.4, -0.2) is 35.4 Å². The van der Waals surface area contributed by atoms with Gasteiger partial charge in [0.15, 0.2) is 0 Å². The van der Waals surface area contributed by atoms with Crippen molar-refractivity contribution in [3.8, 4) is 0 Å². The zero-order valence-electron chi connectivity index (χ0n) is 7.27. The maximum Gasteiger partial charge on any atom is 0.331 e.